The summed E-state index contributed by atoms with van der Waals surface area (Å²) in [4.78, 5) is 42.6. The van der Waals surface area contributed by atoms with Gasteiger partial charge >= 0.3 is 12.1 Å². The molecule has 1 aromatic carbocycles. The number of carboxylic acid groups (broad SMARTS) is 1. The highest BCUT2D eigenvalue weighted by Gasteiger charge is 2.43. The molecule has 4 rings (SSSR count). The average Bonchev–Trinajstić information content (AvgIpc) is 3.17. The van der Waals surface area contributed by atoms with Crippen molar-refractivity contribution in [3.63, 3.8) is 0 Å². The zero-order valence-electron chi connectivity index (χ0n) is 22.6. The summed E-state index contributed by atoms with van der Waals surface area (Å²) >= 11 is 12.3. The van der Waals surface area contributed by atoms with Crippen LogP contribution < -0.4 is 25.0 Å². The van der Waals surface area contributed by atoms with Crippen LogP contribution in [-0.4, -0.2) is 70.9 Å². The Morgan fingerprint density at radius 2 is 1.71 bits per heavy atom. The molecular formula is C27H29Cl2F3N4O6. The first kappa shape index (κ1) is 31.5. The molecule has 1 aromatic heterocycles. The van der Waals surface area contributed by atoms with Crippen molar-refractivity contribution in [2.75, 3.05) is 18.1 Å². The van der Waals surface area contributed by atoms with Crippen LogP contribution in [0.2, 0.25) is 10.0 Å². The minimum atomic E-state index is -4.51. The van der Waals surface area contributed by atoms with Crippen LogP contribution in [0.15, 0.2) is 30.5 Å². The minimum absolute atomic E-state index is 0.0288. The average molecular weight is 633 g/mol. The number of nitrogens with one attached hydrogen (secondary N) is 2. The van der Waals surface area contributed by atoms with Gasteiger partial charge in [-0.1, -0.05) is 23.2 Å². The molecule has 42 heavy (non-hydrogen) atoms. The largest absolute Gasteiger partial charge is 0.480 e. The van der Waals surface area contributed by atoms with Gasteiger partial charge in [-0.2, -0.15) is 13.2 Å². The van der Waals surface area contributed by atoms with E-state index in [9.17, 15) is 27.6 Å². The van der Waals surface area contributed by atoms with Crippen LogP contribution in [0, 0.1) is 0 Å². The third kappa shape index (κ3) is 7.68. The number of halogens is 5. The molecule has 0 spiro atoms. The van der Waals surface area contributed by atoms with Crippen molar-refractivity contribution in [1.82, 2.24) is 15.6 Å². The van der Waals surface area contributed by atoms with Gasteiger partial charge < -0.3 is 30.1 Å². The summed E-state index contributed by atoms with van der Waals surface area (Å²) in [6, 6.07) is 5.71. The van der Waals surface area contributed by atoms with Gasteiger partial charge in [-0.25, -0.2) is 9.78 Å². The standard InChI is InChI=1S/C27H29Cl2F3N4O6/c1-26(2,42-21-10-20(41-12-23(37)38)18(28)9-19(21)29)25(40)35-15-7-16-4-5-17(8-15)36(16)22-6-3-14(11-33-22)24(39)34-13-27(30,31)32/h3,6,9-11,15-17H,4-5,7-8,12-13H2,1-2H3,(H,34,39)(H,35,40)(H,37,38)/t15?,16-,17+. The van der Waals surface area contributed by atoms with Crippen LogP contribution in [0.3, 0.4) is 0 Å². The summed E-state index contributed by atoms with van der Waals surface area (Å²) in [6.45, 7) is 1.10. The van der Waals surface area contributed by atoms with Crippen LogP contribution in [0.4, 0.5) is 19.0 Å². The second kappa shape index (κ2) is 12.4. The van der Waals surface area contributed by atoms with Gasteiger partial charge in [0.15, 0.2) is 12.2 Å². The fraction of sp³-hybridized carbons (Fsp3) is 0.481. The Kier molecular flexibility index (Phi) is 9.31. The molecule has 2 amide bonds. The minimum Gasteiger partial charge on any atom is -0.480 e. The second-order valence-corrected chi connectivity index (χ2v) is 11.5. The number of rotatable bonds is 10. The third-order valence-electron chi connectivity index (χ3n) is 7.04. The predicted octanol–water partition coefficient (Wildman–Crippen LogP) is 4.62. The van der Waals surface area contributed by atoms with Crippen molar-refractivity contribution in [1.29, 1.82) is 0 Å². The van der Waals surface area contributed by atoms with Gasteiger partial charge in [0.25, 0.3) is 11.8 Å². The number of nitrogens with zero attached hydrogens (tertiary/aromatic N) is 2. The van der Waals surface area contributed by atoms with E-state index < -0.39 is 36.8 Å². The number of aliphatic carboxylic acids is 1. The van der Waals surface area contributed by atoms with E-state index in [1.54, 1.807) is 19.9 Å². The molecular weight excluding hydrogens is 604 g/mol. The zero-order chi connectivity index (χ0) is 30.8. The number of carboxylic acids is 1. The molecule has 1 unspecified atom stereocenters. The zero-order valence-corrected chi connectivity index (χ0v) is 24.1. The Morgan fingerprint density at radius 1 is 1.07 bits per heavy atom. The normalized spacial score (nSPS) is 20.2. The molecule has 2 aliphatic rings. The predicted molar refractivity (Wildman–Crippen MR) is 147 cm³/mol. The summed E-state index contributed by atoms with van der Waals surface area (Å²) in [7, 11) is 0. The number of aromatic nitrogens is 1. The molecule has 2 aliphatic heterocycles. The number of benzene rings is 1. The van der Waals surface area contributed by atoms with Gasteiger partial charge in [-0.3, -0.25) is 9.59 Å². The molecule has 2 saturated heterocycles. The highest BCUT2D eigenvalue weighted by molar-refractivity contribution is 6.36. The molecule has 0 aliphatic carbocycles. The van der Waals surface area contributed by atoms with Crippen LogP contribution >= 0.6 is 23.2 Å². The lowest BCUT2D eigenvalue weighted by atomic mass is 9.96. The highest BCUT2D eigenvalue weighted by atomic mass is 35.5. The Bertz CT molecular complexity index is 1330. The van der Waals surface area contributed by atoms with Crippen LogP contribution in [0.1, 0.15) is 49.9 Å². The molecule has 2 fully saturated rings. The Hall–Kier alpha value is -3.45. The summed E-state index contributed by atoms with van der Waals surface area (Å²) in [6.07, 6.45) is -0.258. The molecule has 3 atom stereocenters. The topological polar surface area (TPSA) is 130 Å². The van der Waals surface area contributed by atoms with E-state index in [0.29, 0.717) is 18.7 Å². The Morgan fingerprint density at radius 3 is 2.29 bits per heavy atom. The van der Waals surface area contributed by atoms with E-state index in [1.165, 1.54) is 24.4 Å². The maximum Gasteiger partial charge on any atom is 0.405 e. The number of carbonyl (C=O) groups excluding carboxylic acids is 2. The number of anilines is 1. The summed E-state index contributed by atoms with van der Waals surface area (Å²) in [5.41, 5.74) is -1.33. The number of pyridine rings is 1. The van der Waals surface area contributed by atoms with Gasteiger partial charge in [0.05, 0.1) is 15.6 Å². The Labute approximate surface area is 249 Å². The highest BCUT2D eigenvalue weighted by Crippen LogP contribution is 2.40. The van der Waals surface area contributed by atoms with E-state index in [0.717, 1.165) is 12.8 Å². The lowest BCUT2D eigenvalue weighted by Gasteiger charge is -2.40. The molecule has 3 N–H and O–H groups in total. The van der Waals surface area contributed by atoms with Gasteiger partial charge in [0.1, 0.15) is 23.9 Å². The fourth-order valence-electron chi connectivity index (χ4n) is 5.14. The smallest absolute Gasteiger partial charge is 0.405 e. The van der Waals surface area contributed by atoms with Crippen molar-refractivity contribution in [2.45, 2.75) is 69.4 Å². The number of hydrogen-bond acceptors (Lipinski definition) is 7. The van der Waals surface area contributed by atoms with Gasteiger partial charge in [0.2, 0.25) is 0 Å². The number of alkyl halides is 3. The van der Waals surface area contributed by atoms with E-state index >= 15 is 0 Å². The monoisotopic (exact) mass is 632 g/mol. The van der Waals surface area contributed by atoms with Crippen LogP contribution in [0.25, 0.3) is 0 Å². The molecule has 10 nitrogen and oxygen atoms in total. The van der Waals surface area contributed by atoms with Gasteiger partial charge in [0, 0.05) is 30.4 Å². The number of piperidine rings is 1. The fourth-order valence-corrected chi connectivity index (χ4v) is 5.62. The SMILES string of the molecule is CC(C)(Oc1cc(OCC(=O)O)c(Cl)cc1Cl)C(=O)NC1C[C@H]2CC[C@@H](C1)N2c1ccc(C(=O)NCC(F)(F)F)cn1. The number of ether oxygens (including phenoxy) is 2. The number of hydrogen-bond donors (Lipinski definition) is 3. The molecule has 2 aromatic rings. The lowest BCUT2D eigenvalue weighted by molar-refractivity contribution is -0.139. The number of carbonyl (C=O) groups is 3. The van der Waals surface area contributed by atoms with E-state index in [1.807, 2.05) is 5.32 Å². The van der Waals surface area contributed by atoms with Crippen LogP contribution in [0.5, 0.6) is 11.5 Å². The van der Waals surface area contributed by atoms with E-state index in [-0.39, 0.29) is 51.1 Å². The first-order valence-corrected chi connectivity index (χ1v) is 13.8. The summed E-state index contributed by atoms with van der Waals surface area (Å²) < 4.78 is 48.3. The molecule has 15 heteroatoms. The van der Waals surface area contributed by atoms with Crippen LogP contribution in [-0.2, 0) is 9.59 Å². The van der Waals surface area contributed by atoms with Gasteiger partial charge in [-0.15, -0.1) is 0 Å². The number of amides is 2. The number of fused-ring (bicyclic) bond motifs is 2. The van der Waals surface area contributed by atoms with Crippen molar-refractivity contribution < 1.29 is 42.1 Å². The van der Waals surface area contributed by atoms with E-state index in [2.05, 4.69) is 15.2 Å². The molecule has 0 radical (unpaired) electrons. The van der Waals surface area contributed by atoms with Crippen molar-refractivity contribution >= 4 is 46.8 Å². The van der Waals surface area contributed by atoms with Gasteiger partial charge in [-0.05, 0) is 57.7 Å². The lowest BCUT2D eigenvalue weighted by Crippen LogP contribution is -2.55. The summed E-state index contributed by atoms with van der Waals surface area (Å²) in [5, 5.41) is 14.0. The summed E-state index contributed by atoms with van der Waals surface area (Å²) in [5.74, 6) is -1.68. The maximum absolute atomic E-state index is 13.3. The third-order valence-corrected chi connectivity index (χ3v) is 7.63. The quantitative estimate of drug-likeness (QED) is 0.346. The van der Waals surface area contributed by atoms with Crippen molar-refractivity contribution in [3.05, 3.63) is 46.1 Å². The van der Waals surface area contributed by atoms with Crippen molar-refractivity contribution in [3.8, 4) is 11.5 Å². The maximum atomic E-state index is 13.3. The first-order valence-electron chi connectivity index (χ1n) is 13.1. The van der Waals surface area contributed by atoms with Crippen molar-refractivity contribution in [2.24, 2.45) is 0 Å². The Balaban J connectivity index is 1.36. The molecule has 0 saturated carbocycles. The second-order valence-electron chi connectivity index (χ2n) is 10.6. The molecule has 228 valence electrons. The molecule has 2 bridgehead atoms. The first-order chi connectivity index (χ1) is 19.6. The van der Waals surface area contributed by atoms with E-state index in [4.69, 9.17) is 37.8 Å². The molecule has 3 heterocycles.